The summed E-state index contributed by atoms with van der Waals surface area (Å²) in [5, 5.41) is 0. The smallest absolute Gasteiger partial charge is 0.0675 e. The zero-order chi connectivity index (χ0) is 4.50. The third-order valence-corrected chi connectivity index (χ3v) is 0. The molecule has 0 aromatic carbocycles. The summed E-state index contributed by atoms with van der Waals surface area (Å²) in [6, 6.07) is 0. The molecule has 0 N–H and O–H groups in total. The molecule has 0 aliphatic heterocycles. The van der Waals surface area contributed by atoms with E-state index < -0.39 is 0 Å². The predicted octanol–water partition coefficient (Wildman–Crippen LogP) is -4.13. The van der Waals surface area contributed by atoms with Crippen LogP contribution in [-0.2, 0) is 0 Å². The van der Waals surface area contributed by atoms with Crippen molar-refractivity contribution in [3.05, 3.63) is 0 Å². The standard InChI is InChI=1S/C4H12N.ClH.H4Si/c1-5(2,3)4;;/h1-4H3;1H;1H4/q+1;;/p-1. The molecule has 0 saturated carbocycles. The van der Waals surface area contributed by atoms with Crippen LogP contribution >= 0.6 is 0 Å². The van der Waals surface area contributed by atoms with Crippen molar-refractivity contribution in [2.45, 2.75) is 0 Å². The van der Waals surface area contributed by atoms with Crippen molar-refractivity contribution in [3.8, 4) is 0 Å². The van der Waals surface area contributed by atoms with E-state index in [9.17, 15) is 0 Å². The van der Waals surface area contributed by atoms with Crippen molar-refractivity contribution >= 4 is 11.0 Å². The molecule has 0 spiro atoms. The minimum atomic E-state index is 0. The van der Waals surface area contributed by atoms with Crippen LogP contribution in [0.2, 0.25) is 0 Å². The van der Waals surface area contributed by atoms with E-state index in [1.54, 1.807) is 0 Å². The Balaban J connectivity index is -0.0000000800. The second-order valence-corrected chi connectivity index (χ2v) is 2.68. The SMILES string of the molecule is C[N+](C)(C)C.[Cl-].[SiH4]. The Bertz CT molecular complexity index is 27.2. The van der Waals surface area contributed by atoms with Crippen molar-refractivity contribution in [2.24, 2.45) is 0 Å². The van der Waals surface area contributed by atoms with E-state index in [0.717, 1.165) is 4.48 Å². The van der Waals surface area contributed by atoms with Gasteiger partial charge in [-0.15, -0.1) is 0 Å². The Labute approximate surface area is 56.7 Å². The highest BCUT2D eigenvalue weighted by Gasteiger charge is 1.88. The molecule has 0 amide bonds. The fourth-order valence-corrected chi connectivity index (χ4v) is 0. The van der Waals surface area contributed by atoms with Gasteiger partial charge in [0.25, 0.3) is 0 Å². The van der Waals surface area contributed by atoms with Crippen molar-refractivity contribution in [1.82, 2.24) is 0 Å². The highest BCUT2D eigenvalue weighted by Crippen LogP contribution is 1.73. The van der Waals surface area contributed by atoms with Gasteiger partial charge in [-0.3, -0.25) is 0 Å². The van der Waals surface area contributed by atoms with Gasteiger partial charge in [-0.25, -0.2) is 0 Å². The zero-order valence-electron chi connectivity index (χ0n) is 4.83. The van der Waals surface area contributed by atoms with Crippen LogP contribution in [0.25, 0.3) is 0 Å². The van der Waals surface area contributed by atoms with Crippen molar-refractivity contribution in [2.75, 3.05) is 28.2 Å². The van der Waals surface area contributed by atoms with Gasteiger partial charge in [0, 0.05) is 0 Å². The molecule has 0 aliphatic carbocycles. The maximum Gasteiger partial charge on any atom is 0.0675 e. The van der Waals surface area contributed by atoms with Crippen LogP contribution in [0.5, 0.6) is 0 Å². The van der Waals surface area contributed by atoms with E-state index in [4.69, 9.17) is 0 Å². The van der Waals surface area contributed by atoms with Gasteiger partial charge in [-0.2, -0.15) is 0 Å². The Hall–Kier alpha value is 0.467. The first kappa shape index (κ1) is 15.7. The van der Waals surface area contributed by atoms with Crippen LogP contribution in [0.15, 0.2) is 0 Å². The van der Waals surface area contributed by atoms with Gasteiger partial charge in [0.1, 0.15) is 0 Å². The van der Waals surface area contributed by atoms with Gasteiger partial charge < -0.3 is 16.9 Å². The summed E-state index contributed by atoms with van der Waals surface area (Å²) < 4.78 is 1.00. The van der Waals surface area contributed by atoms with E-state index in [-0.39, 0.29) is 23.4 Å². The molecule has 0 aromatic rings. The van der Waals surface area contributed by atoms with Crippen LogP contribution < -0.4 is 12.4 Å². The molecule has 0 unspecified atom stereocenters. The second kappa shape index (κ2) is 4.62. The molecule has 0 bridgehead atoms. The van der Waals surface area contributed by atoms with E-state index in [1.165, 1.54) is 0 Å². The molecule has 3 heteroatoms. The summed E-state index contributed by atoms with van der Waals surface area (Å²) in [5.41, 5.74) is 0. The maximum atomic E-state index is 2.12. The molecule has 1 nitrogen and oxygen atoms in total. The van der Waals surface area contributed by atoms with Gasteiger partial charge in [0.2, 0.25) is 0 Å². The summed E-state index contributed by atoms with van der Waals surface area (Å²) in [5.74, 6) is 0. The molecule has 0 fully saturated rings. The molecule has 0 rings (SSSR count). The van der Waals surface area contributed by atoms with Gasteiger partial charge >= 0.3 is 0 Å². The van der Waals surface area contributed by atoms with Crippen LogP contribution in [0.1, 0.15) is 0 Å². The average Bonchev–Trinajstić information content (AvgIpc) is 0.722. The van der Waals surface area contributed by atoms with Crippen molar-refractivity contribution < 1.29 is 16.9 Å². The number of halogens is 1. The lowest BCUT2D eigenvalue weighted by atomic mass is 10.8. The number of rotatable bonds is 0. The average molecular weight is 142 g/mol. The summed E-state index contributed by atoms with van der Waals surface area (Å²) in [6.07, 6.45) is 0. The predicted molar refractivity (Wildman–Crippen MR) is 35.3 cm³/mol. The van der Waals surface area contributed by atoms with E-state index in [2.05, 4.69) is 28.2 Å². The Morgan fingerprint density at radius 1 is 0.857 bits per heavy atom. The molecular weight excluding hydrogens is 126 g/mol. The Kier molecular flexibility index (Phi) is 10.3. The molecule has 0 aromatic heterocycles. The molecule has 0 heterocycles. The highest BCUT2D eigenvalue weighted by atomic mass is 35.5. The molecule has 0 atom stereocenters. The second-order valence-electron chi connectivity index (χ2n) is 2.68. The summed E-state index contributed by atoms with van der Waals surface area (Å²) >= 11 is 0. The Morgan fingerprint density at radius 2 is 0.857 bits per heavy atom. The Morgan fingerprint density at radius 3 is 0.857 bits per heavy atom. The molecular formula is C4H16ClNSi. The largest absolute Gasteiger partial charge is 1.00 e. The third-order valence-electron chi connectivity index (χ3n) is 0. The van der Waals surface area contributed by atoms with E-state index >= 15 is 0 Å². The summed E-state index contributed by atoms with van der Waals surface area (Å²) in [7, 11) is 8.50. The monoisotopic (exact) mass is 141 g/mol. The van der Waals surface area contributed by atoms with Gasteiger partial charge in [0.15, 0.2) is 0 Å². The molecule has 7 heavy (non-hydrogen) atoms. The quantitative estimate of drug-likeness (QED) is 0.238. The minimum Gasteiger partial charge on any atom is -1.00 e. The lowest BCUT2D eigenvalue weighted by Gasteiger charge is -2.14. The topological polar surface area (TPSA) is 0 Å². The summed E-state index contributed by atoms with van der Waals surface area (Å²) in [4.78, 5) is 0. The molecule has 0 aliphatic rings. The molecule has 0 saturated heterocycles. The lowest BCUT2D eigenvalue weighted by Crippen LogP contribution is -3.00. The number of quaternary nitrogens is 1. The zero-order valence-corrected chi connectivity index (χ0v) is 5.58. The third kappa shape index (κ3) is 592. The van der Waals surface area contributed by atoms with Crippen LogP contribution in [0, 0.1) is 0 Å². The normalized spacial score (nSPS) is 8.57. The van der Waals surface area contributed by atoms with Crippen LogP contribution in [-0.4, -0.2) is 43.6 Å². The number of nitrogens with zero attached hydrogens (tertiary/aromatic N) is 1. The van der Waals surface area contributed by atoms with E-state index in [1.807, 2.05) is 0 Å². The van der Waals surface area contributed by atoms with Crippen LogP contribution in [0.3, 0.4) is 0 Å². The first-order valence-electron chi connectivity index (χ1n) is 1.79. The minimum absolute atomic E-state index is 0. The highest BCUT2D eigenvalue weighted by molar-refractivity contribution is 5.75. The van der Waals surface area contributed by atoms with Gasteiger partial charge in [0.05, 0.1) is 28.2 Å². The fourth-order valence-electron chi connectivity index (χ4n) is 0. The number of hydrogen-bond donors (Lipinski definition) is 0. The van der Waals surface area contributed by atoms with E-state index in [0.29, 0.717) is 0 Å². The fraction of sp³-hybridized carbons (Fsp3) is 1.00. The first-order valence-corrected chi connectivity index (χ1v) is 1.79. The van der Waals surface area contributed by atoms with Crippen molar-refractivity contribution in [1.29, 1.82) is 0 Å². The van der Waals surface area contributed by atoms with Crippen LogP contribution in [0.4, 0.5) is 0 Å². The maximum absolute atomic E-state index is 2.12. The molecule has 0 radical (unpaired) electrons. The molecule has 48 valence electrons. The van der Waals surface area contributed by atoms with Crippen molar-refractivity contribution in [3.63, 3.8) is 0 Å². The number of hydrogen-bond acceptors (Lipinski definition) is 0. The summed E-state index contributed by atoms with van der Waals surface area (Å²) in [6.45, 7) is 0. The lowest BCUT2D eigenvalue weighted by molar-refractivity contribution is -0.849. The van der Waals surface area contributed by atoms with Gasteiger partial charge in [-0.05, 0) is 11.0 Å². The van der Waals surface area contributed by atoms with Gasteiger partial charge in [-0.1, -0.05) is 0 Å². The first-order chi connectivity index (χ1) is 2.00.